The minimum absolute atomic E-state index is 0.307. The summed E-state index contributed by atoms with van der Waals surface area (Å²) >= 11 is 0. The van der Waals surface area contributed by atoms with Crippen LogP contribution in [-0.2, 0) is 4.74 Å². The number of nitrogens with one attached hydrogen (secondary N) is 1. The lowest BCUT2D eigenvalue weighted by atomic mass is 10.1. The molecule has 0 unspecified atom stereocenters. The highest BCUT2D eigenvalue weighted by atomic mass is 16.5. The number of fused-ring (bicyclic) bond motifs is 1. The maximum absolute atomic E-state index is 11.7. The highest BCUT2D eigenvalue weighted by Crippen LogP contribution is 2.21. The van der Waals surface area contributed by atoms with Crippen LogP contribution in [-0.4, -0.2) is 33.2 Å². The van der Waals surface area contributed by atoms with Crippen molar-refractivity contribution in [2.45, 2.75) is 6.92 Å². The summed E-state index contributed by atoms with van der Waals surface area (Å²) in [5.74, 6) is -0.926. The van der Waals surface area contributed by atoms with Gasteiger partial charge in [-0.3, -0.25) is 4.79 Å². The summed E-state index contributed by atoms with van der Waals surface area (Å²) in [6.45, 7) is 2.05. The number of aromatic nitrogens is 3. The van der Waals surface area contributed by atoms with Crippen LogP contribution in [0.15, 0.2) is 36.8 Å². The fourth-order valence-corrected chi connectivity index (χ4v) is 2.24. The van der Waals surface area contributed by atoms with Gasteiger partial charge in [0.2, 0.25) is 0 Å². The third kappa shape index (κ3) is 2.32. The molecule has 7 heteroatoms. The summed E-state index contributed by atoms with van der Waals surface area (Å²) in [6, 6.07) is 5.43. The first kappa shape index (κ1) is 13.9. The van der Waals surface area contributed by atoms with E-state index in [1.807, 2.05) is 12.1 Å². The van der Waals surface area contributed by atoms with Crippen molar-refractivity contribution >= 4 is 22.8 Å². The molecule has 3 rings (SSSR count). The van der Waals surface area contributed by atoms with Gasteiger partial charge >= 0.3 is 5.97 Å². The van der Waals surface area contributed by atoms with Crippen molar-refractivity contribution in [3.05, 3.63) is 47.9 Å². The highest BCUT2D eigenvalue weighted by Gasteiger charge is 2.12. The Bertz CT molecular complexity index is 863. The number of carbonyl (C=O) groups is 2. The molecule has 0 fully saturated rings. The second-order valence-electron chi connectivity index (χ2n) is 4.69. The van der Waals surface area contributed by atoms with Crippen LogP contribution in [0.25, 0.3) is 16.6 Å². The molecule has 7 nitrogen and oxygen atoms in total. The van der Waals surface area contributed by atoms with Crippen molar-refractivity contribution in [3.63, 3.8) is 0 Å². The molecule has 3 N–H and O–H groups in total. The van der Waals surface area contributed by atoms with Crippen molar-refractivity contribution in [2.75, 3.05) is 6.61 Å². The quantitative estimate of drug-likeness (QED) is 0.714. The van der Waals surface area contributed by atoms with Crippen LogP contribution in [0.5, 0.6) is 0 Å². The zero-order chi connectivity index (χ0) is 15.7. The van der Waals surface area contributed by atoms with E-state index in [-0.39, 0.29) is 0 Å². The zero-order valence-corrected chi connectivity index (χ0v) is 11.9. The van der Waals surface area contributed by atoms with E-state index in [9.17, 15) is 9.59 Å². The molecule has 112 valence electrons. The van der Waals surface area contributed by atoms with E-state index < -0.39 is 11.9 Å². The highest BCUT2D eigenvalue weighted by molar-refractivity contribution is 6.06. The van der Waals surface area contributed by atoms with Gasteiger partial charge in [0.25, 0.3) is 5.91 Å². The summed E-state index contributed by atoms with van der Waals surface area (Å²) < 4.78 is 6.47. The minimum Gasteiger partial charge on any atom is -0.462 e. The maximum Gasteiger partial charge on any atom is 0.341 e. The molecule has 0 aliphatic carbocycles. The predicted molar refractivity (Wildman–Crippen MR) is 79.9 cm³/mol. The lowest BCUT2D eigenvalue weighted by Crippen LogP contribution is -2.10. The molecule has 0 aliphatic heterocycles. The number of carbonyl (C=O) groups excluding carboxylic acids is 2. The monoisotopic (exact) mass is 298 g/mol. The lowest BCUT2D eigenvalue weighted by molar-refractivity contribution is 0.0526. The number of amides is 1. The topological polar surface area (TPSA) is 103 Å². The van der Waals surface area contributed by atoms with Crippen molar-refractivity contribution in [2.24, 2.45) is 5.73 Å². The van der Waals surface area contributed by atoms with E-state index in [2.05, 4.69) is 10.1 Å². The molecule has 2 aromatic heterocycles. The Labute approximate surface area is 125 Å². The van der Waals surface area contributed by atoms with Crippen LogP contribution in [0.1, 0.15) is 27.6 Å². The van der Waals surface area contributed by atoms with Crippen molar-refractivity contribution in [1.29, 1.82) is 0 Å². The molecule has 2 heterocycles. The van der Waals surface area contributed by atoms with Crippen LogP contribution in [0, 0.1) is 0 Å². The number of benzene rings is 1. The number of rotatable bonds is 4. The first-order valence-corrected chi connectivity index (χ1v) is 6.73. The molecule has 0 radical (unpaired) electrons. The van der Waals surface area contributed by atoms with E-state index in [0.29, 0.717) is 28.8 Å². The third-order valence-corrected chi connectivity index (χ3v) is 3.29. The molecule has 3 aromatic rings. The number of esters is 1. The molecule has 0 aliphatic rings. The summed E-state index contributed by atoms with van der Waals surface area (Å²) in [5, 5.41) is 4.85. The lowest BCUT2D eigenvalue weighted by Gasteiger charge is -2.02. The van der Waals surface area contributed by atoms with Crippen LogP contribution in [0.3, 0.4) is 0 Å². The van der Waals surface area contributed by atoms with Crippen LogP contribution >= 0.6 is 0 Å². The molecule has 1 amide bonds. The first-order chi connectivity index (χ1) is 10.6. The second-order valence-corrected chi connectivity index (χ2v) is 4.69. The normalized spacial score (nSPS) is 10.8. The molecule has 0 saturated carbocycles. The second kappa shape index (κ2) is 5.36. The van der Waals surface area contributed by atoms with Crippen molar-refractivity contribution in [3.8, 4) is 5.69 Å². The van der Waals surface area contributed by atoms with Gasteiger partial charge in [0.05, 0.1) is 29.6 Å². The zero-order valence-electron chi connectivity index (χ0n) is 11.9. The number of primary amides is 1. The Morgan fingerprint density at radius 1 is 1.41 bits per heavy atom. The van der Waals surface area contributed by atoms with Crippen molar-refractivity contribution in [1.82, 2.24) is 14.8 Å². The molecule has 1 aromatic carbocycles. The first-order valence-electron chi connectivity index (χ1n) is 6.73. The molecule has 22 heavy (non-hydrogen) atoms. The molecule has 0 bridgehead atoms. The van der Waals surface area contributed by atoms with E-state index in [4.69, 9.17) is 10.5 Å². The summed E-state index contributed by atoms with van der Waals surface area (Å²) in [5.41, 5.74) is 7.64. The third-order valence-electron chi connectivity index (χ3n) is 3.29. The maximum atomic E-state index is 11.7. The SMILES string of the molecule is CCOC(=O)c1cnn(-c2ccc3[nH]cc(C(N)=O)c3c2)c1. The van der Waals surface area contributed by atoms with Gasteiger partial charge in [-0.25, -0.2) is 9.48 Å². The van der Waals surface area contributed by atoms with Gasteiger partial charge in [-0.15, -0.1) is 0 Å². The van der Waals surface area contributed by atoms with Gasteiger partial charge in [-0.05, 0) is 25.1 Å². The van der Waals surface area contributed by atoms with Gasteiger partial charge in [0, 0.05) is 23.3 Å². The number of hydrogen-bond acceptors (Lipinski definition) is 4. The van der Waals surface area contributed by atoms with E-state index in [0.717, 1.165) is 5.52 Å². The Morgan fingerprint density at radius 2 is 2.23 bits per heavy atom. The minimum atomic E-state index is -0.504. The smallest absolute Gasteiger partial charge is 0.341 e. The average molecular weight is 298 g/mol. The standard InChI is InChI=1S/C15H14N4O3/c1-2-22-15(21)9-6-18-19(8-9)10-3-4-13-11(5-10)12(7-17-13)14(16)20/h3-8,17H,2H2,1H3,(H2,16,20). The summed E-state index contributed by atoms with van der Waals surface area (Å²) in [7, 11) is 0. The van der Waals surface area contributed by atoms with Gasteiger partial charge < -0.3 is 15.5 Å². The van der Waals surface area contributed by atoms with E-state index in [1.165, 1.54) is 6.20 Å². The van der Waals surface area contributed by atoms with Gasteiger partial charge in [0.1, 0.15) is 0 Å². The van der Waals surface area contributed by atoms with Crippen LogP contribution in [0.4, 0.5) is 0 Å². The number of ether oxygens (including phenoxy) is 1. The van der Waals surface area contributed by atoms with E-state index in [1.54, 1.807) is 30.1 Å². The number of nitrogens with zero attached hydrogens (tertiary/aromatic N) is 2. The number of hydrogen-bond donors (Lipinski definition) is 2. The Morgan fingerprint density at radius 3 is 2.95 bits per heavy atom. The van der Waals surface area contributed by atoms with Gasteiger partial charge in [-0.1, -0.05) is 0 Å². The van der Waals surface area contributed by atoms with Crippen molar-refractivity contribution < 1.29 is 14.3 Å². The van der Waals surface area contributed by atoms with Crippen LogP contribution < -0.4 is 5.73 Å². The van der Waals surface area contributed by atoms with Crippen LogP contribution in [0.2, 0.25) is 0 Å². The number of aromatic amines is 1. The Kier molecular flexibility index (Phi) is 3.38. The Hall–Kier alpha value is -3.09. The van der Waals surface area contributed by atoms with E-state index >= 15 is 0 Å². The molecule has 0 spiro atoms. The fourth-order valence-electron chi connectivity index (χ4n) is 2.24. The number of H-pyrrole nitrogens is 1. The Balaban J connectivity index is 2.01. The number of nitrogens with two attached hydrogens (primary N) is 1. The predicted octanol–water partition coefficient (Wildman–Crippen LogP) is 1.63. The summed E-state index contributed by atoms with van der Waals surface area (Å²) in [4.78, 5) is 26.1. The molecular formula is C15H14N4O3. The fraction of sp³-hybridized carbons (Fsp3) is 0.133. The molecule has 0 atom stereocenters. The van der Waals surface area contributed by atoms with Gasteiger partial charge in [0.15, 0.2) is 0 Å². The summed E-state index contributed by atoms with van der Waals surface area (Å²) in [6.07, 6.45) is 4.59. The molecular weight excluding hydrogens is 284 g/mol. The van der Waals surface area contributed by atoms with Gasteiger partial charge in [-0.2, -0.15) is 5.10 Å². The average Bonchev–Trinajstić information content (AvgIpc) is 3.13. The molecule has 0 saturated heterocycles. The largest absolute Gasteiger partial charge is 0.462 e.